The first-order chi connectivity index (χ1) is 6.61. The Hall–Kier alpha value is -1.17. The fraction of sp³-hybridized carbons (Fsp3) is 0.375. The standard InChI is InChI=1S/C8H8BrN3O2/c1-3(2)5-4-6(14-12-5)7(9)10-11-8(4)13/h3H,1-2H3,(H,11,13). The molecule has 0 atom stereocenters. The summed E-state index contributed by atoms with van der Waals surface area (Å²) < 4.78 is 5.51. The highest BCUT2D eigenvalue weighted by Crippen LogP contribution is 2.25. The Kier molecular flexibility index (Phi) is 2.14. The zero-order chi connectivity index (χ0) is 10.3. The molecule has 0 bridgehead atoms. The maximum Gasteiger partial charge on any atom is 0.277 e. The Labute approximate surface area is 87.6 Å². The number of fused-ring (bicyclic) bond motifs is 1. The summed E-state index contributed by atoms with van der Waals surface area (Å²) in [4.78, 5) is 11.5. The minimum atomic E-state index is -0.270. The third-order valence-electron chi connectivity index (χ3n) is 1.94. The van der Waals surface area contributed by atoms with E-state index in [1.165, 1.54) is 0 Å². The molecule has 14 heavy (non-hydrogen) atoms. The molecule has 0 saturated carbocycles. The van der Waals surface area contributed by atoms with Gasteiger partial charge in [-0.3, -0.25) is 4.79 Å². The van der Waals surface area contributed by atoms with Crippen molar-refractivity contribution in [2.24, 2.45) is 0 Å². The van der Waals surface area contributed by atoms with Gasteiger partial charge in [-0.2, -0.15) is 5.10 Å². The van der Waals surface area contributed by atoms with Crippen molar-refractivity contribution in [3.63, 3.8) is 0 Å². The molecule has 0 saturated heterocycles. The first-order valence-electron chi connectivity index (χ1n) is 4.14. The number of hydrogen-bond acceptors (Lipinski definition) is 4. The molecule has 2 heterocycles. The number of nitrogens with zero attached hydrogens (tertiary/aromatic N) is 2. The molecule has 0 aliphatic carbocycles. The van der Waals surface area contributed by atoms with Gasteiger partial charge in [0.25, 0.3) is 5.56 Å². The summed E-state index contributed by atoms with van der Waals surface area (Å²) in [5.41, 5.74) is 0.787. The molecular formula is C8H8BrN3O2. The number of halogens is 1. The Bertz CT molecular complexity index is 529. The van der Waals surface area contributed by atoms with Crippen molar-refractivity contribution in [1.29, 1.82) is 0 Å². The van der Waals surface area contributed by atoms with Gasteiger partial charge in [-0.25, -0.2) is 5.10 Å². The lowest BCUT2D eigenvalue weighted by Gasteiger charge is -1.96. The molecule has 2 aromatic heterocycles. The Balaban J connectivity index is 2.91. The summed E-state index contributed by atoms with van der Waals surface area (Å²) in [6.45, 7) is 3.90. The monoisotopic (exact) mass is 257 g/mol. The van der Waals surface area contributed by atoms with Crippen LogP contribution in [0, 0.1) is 0 Å². The van der Waals surface area contributed by atoms with Gasteiger partial charge in [0, 0.05) is 0 Å². The Morgan fingerprint density at radius 1 is 1.50 bits per heavy atom. The SMILES string of the molecule is CC(C)c1noc2c(Br)n[nH]c(=O)c12. The number of aromatic nitrogens is 3. The van der Waals surface area contributed by atoms with Crippen LogP contribution in [0.4, 0.5) is 0 Å². The number of aromatic amines is 1. The summed E-state index contributed by atoms with van der Waals surface area (Å²) in [6.07, 6.45) is 0. The molecule has 74 valence electrons. The number of rotatable bonds is 1. The average molecular weight is 258 g/mol. The van der Waals surface area contributed by atoms with Gasteiger partial charge in [0.05, 0.1) is 5.69 Å². The quantitative estimate of drug-likeness (QED) is 0.846. The molecule has 0 radical (unpaired) electrons. The van der Waals surface area contributed by atoms with E-state index in [9.17, 15) is 4.79 Å². The third kappa shape index (κ3) is 1.26. The molecule has 5 nitrogen and oxygen atoms in total. The van der Waals surface area contributed by atoms with Crippen molar-refractivity contribution in [2.45, 2.75) is 19.8 Å². The largest absolute Gasteiger partial charge is 0.353 e. The number of nitrogens with one attached hydrogen (secondary N) is 1. The first kappa shape index (κ1) is 9.39. The van der Waals surface area contributed by atoms with E-state index in [1.54, 1.807) is 0 Å². The molecule has 2 aromatic rings. The van der Waals surface area contributed by atoms with E-state index < -0.39 is 0 Å². The normalized spacial score (nSPS) is 11.4. The van der Waals surface area contributed by atoms with E-state index in [0.29, 0.717) is 21.3 Å². The summed E-state index contributed by atoms with van der Waals surface area (Å²) >= 11 is 3.18. The fourth-order valence-corrected chi connectivity index (χ4v) is 1.62. The minimum Gasteiger partial charge on any atom is -0.353 e. The second-order valence-electron chi connectivity index (χ2n) is 3.27. The Morgan fingerprint density at radius 2 is 2.21 bits per heavy atom. The second-order valence-corrected chi connectivity index (χ2v) is 4.02. The zero-order valence-electron chi connectivity index (χ0n) is 7.67. The van der Waals surface area contributed by atoms with Crippen LogP contribution in [0.3, 0.4) is 0 Å². The highest BCUT2D eigenvalue weighted by atomic mass is 79.9. The molecule has 6 heteroatoms. The number of H-pyrrole nitrogens is 1. The molecule has 0 aliphatic heterocycles. The molecule has 0 aromatic carbocycles. The molecule has 1 N–H and O–H groups in total. The van der Waals surface area contributed by atoms with Crippen molar-refractivity contribution >= 4 is 26.9 Å². The van der Waals surface area contributed by atoms with Crippen molar-refractivity contribution in [3.8, 4) is 0 Å². The van der Waals surface area contributed by atoms with Gasteiger partial charge < -0.3 is 4.52 Å². The first-order valence-corrected chi connectivity index (χ1v) is 4.94. The van der Waals surface area contributed by atoms with E-state index in [4.69, 9.17) is 4.52 Å². The van der Waals surface area contributed by atoms with Crippen LogP contribution in [0.5, 0.6) is 0 Å². The predicted molar refractivity (Wildman–Crippen MR) is 54.2 cm³/mol. The molecule has 0 fully saturated rings. The summed E-state index contributed by atoms with van der Waals surface area (Å²) in [7, 11) is 0. The molecule has 0 spiro atoms. The van der Waals surface area contributed by atoms with Crippen LogP contribution in [0.1, 0.15) is 25.5 Å². The van der Waals surface area contributed by atoms with Crippen LogP contribution in [0.15, 0.2) is 13.9 Å². The van der Waals surface area contributed by atoms with Gasteiger partial charge in [0.2, 0.25) is 5.58 Å². The average Bonchev–Trinajstić information content (AvgIpc) is 2.56. The van der Waals surface area contributed by atoms with E-state index >= 15 is 0 Å². The van der Waals surface area contributed by atoms with Gasteiger partial charge in [0.1, 0.15) is 5.39 Å². The van der Waals surface area contributed by atoms with Crippen LogP contribution in [-0.4, -0.2) is 15.4 Å². The molecular weight excluding hydrogens is 250 g/mol. The van der Waals surface area contributed by atoms with Crippen molar-refractivity contribution in [3.05, 3.63) is 20.7 Å². The summed E-state index contributed by atoms with van der Waals surface area (Å²) in [5.74, 6) is 0.145. The van der Waals surface area contributed by atoms with Gasteiger partial charge >= 0.3 is 0 Å². The van der Waals surface area contributed by atoms with E-state index in [0.717, 1.165) is 0 Å². The maximum atomic E-state index is 11.5. The highest BCUT2D eigenvalue weighted by Gasteiger charge is 2.17. The maximum absolute atomic E-state index is 11.5. The molecule has 0 unspecified atom stereocenters. The van der Waals surface area contributed by atoms with Crippen LogP contribution < -0.4 is 5.56 Å². The summed E-state index contributed by atoms with van der Waals surface area (Å²) in [6, 6.07) is 0. The van der Waals surface area contributed by atoms with Gasteiger partial charge in [0.15, 0.2) is 4.60 Å². The second kappa shape index (κ2) is 3.20. The fourth-order valence-electron chi connectivity index (χ4n) is 1.26. The zero-order valence-corrected chi connectivity index (χ0v) is 9.25. The minimum absolute atomic E-state index is 0.145. The lowest BCUT2D eigenvalue weighted by Crippen LogP contribution is -2.09. The van der Waals surface area contributed by atoms with Crippen LogP contribution in [0.25, 0.3) is 11.0 Å². The topological polar surface area (TPSA) is 71.8 Å². The smallest absolute Gasteiger partial charge is 0.277 e. The highest BCUT2D eigenvalue weighted by molar-refractivity contribution is 9.10. The predicted octanol–water partition coefficient (Wildman–Crippen LogP) is 1.80. The van der Waals surface area contributed by atoms with Crippen molar-refractivity contribution in [2.75, 3.05) is 0 Å². The molecule has 0 aliphatic rings. The van der Waals surface area contributed by atoms with Gasteiger partial charge in [-0.05, 0) is 21.8 Å². The number of hydrogen-bond donors (Lipinski definition) is 1. The van der Waals surface area contributed by atoms with Gasteiger partial charge in [-0.15, -0.1) is 0 Å². The van der Waals surface area contributed by atoms with Crippen LogP contribution in [0.2, 0.25) is 0 Å². The van der Waals surface area contributed by atoms with Crippen LogP contribution in [-0.2, 0) is 0 Å². The van der Waals surface area contributed by atoms with Gasteiger partial charge in [-0.1, -0.05) is 19.0 Å². The third-order valence-corrected chi connectivity index (χ3v) is 2.47. The van der Waals surface area contributed by atoms with E-state index in [1.807, 2.05) is 13.8 Å². The van der Waals surface area contributed by atoms with E-state index in [-0.39, 0.29) is 11.5 Å². The summed E-state index contributed by atoms with van der Waals surface area (Å²) in [5, 5.41) is 10.4. The lowest BCUT2D eigenvalue weighted by molar-refractivity contribution is 0.439. The van der Waals surface area contributed by atoms with Crippen molar-refractivity contribution < 1.29 is 4.52 Å². The molecule has 2 rings (SSSR count). The molecule has 0 amide bonds. The van der Waals surface area contributed by atoms with Crippen LogP contribution >= 0.6 is 15.9 Å². The lowest BCUT2D eigenvalue weighted by atomic mass is 10.1. The van der Waals surface area contributed by atoms with E-state index in [2.05, 4.69) is 31.3 Å². The van der Waals surface area contributed by atoms with Crippen molar-refractivity contribution in [1.82, 2.24) is 15.4 Å². The Morgan fingerprint density at radius 3 is 2.86 bits per heavy atom.